The Bertz CT molecular complexity index is 5150. The summed E-state index contributed by atoms with van der Waals surface area (Å²) in [5.41, 5.74) is 24.6. The highest BCUT2D eigenvalue weighted by molar-refractivity contribution is 6.36. The van der Waals surface area contributed by atoms with E-state index < -0.39 is 6.36 Å². The number of rotatable bonds is 26. The zero-order valence-corrected chi connectivity index (χ0v) is 70.7. The topological polar surface area (TPSA) is 69.5 Å². The summed E-state index contributed by atoms with van der Waals surface area (Å²) in [5, 5.41) is 8.32. The maximum atomic E-state index is 12.7. The Morgan fingerprint density at radius 2 is 0.739 bits per heavy atom. The highest BCUT2D eigenvalue weighted by Crippen LogP contribution is 2.40. The van der Waals surface area contributed by atoms with Gasteiger partial charge in [-0.25, -0.2) is 0 Å². The SMILES string of the molecule is C.CCCCn1cc(-c2ccc(OC(F)(F)F)cc2)c2cc(CN3CCN(C(C)(C)c4ccccc4Cl)CC3)ccc21.CCCCn1cc(-c2cccc(CN)c2)c2cc(CN3CCN(Cc4c(Cl)cccc4Cl)CC3)ccc21.CCCCn1cc(-c2ccccc2Cl)c2cc(CN3CCN(Cc4c(Cl)cccc4Cl)CC3)ccc21. The fourth-order valence-corrected chi connectivity index (χ4v) is 18.0. The van der Waals surface area contributed by atoms with Crippen molar-refractivity contribution < 1.29 is 17.9 Å². The summed E-state index contributed by atoms with van der Waals surface area (Å²) in [7, 11) is 0. The van der Waals surface area contributed by atoms with Crippen LogP contribution >= 0.6 is 69.6 Å². The van der Waals surface area contributed by atoms with Crippen LogP contribution < -0.4 is 10.5 Å². The molecule has 11 nitrogen and oxygen atoms in total. The number of fused-ring (bicyclic) bond motifs is 3. The van der Waals surface area contributed by atoms with Crippen LogP contribution in [-0.4, -0.2) is 128 Å². The molecule has 2 N–H and O–H groups in total. The van der Waals surface area contributed by atoms with Crippen LogP contribution in [0.15, 0.2) is 207 Å². The maximum absolute atomic E-state index is 12.7. The van der Waals surface area contributed by atoms with E-state index in [-0.39, 0.29) is 18.7 Å². The second-order valence-electron chi connectivity index (χ2n) is 31.1. The van der Waals surface area contributed by atoms with Crippen LogP contribution in [0.25, 0.3) is 66.1 Å². The van der Waals surface area contributed by atoms with Gasteiger partial charge in [0, 0.05) is 258 Å². The van der Waals surface area contributed by atoms with Crippen molar-refractivity contribution in [3.63, 3.8) is 0 Å². The monoisotopic (exact) mass is 1670 g/mol. The highest BCUT2D eigenvalue weighted by Gasteiger charge is 2.34. The smallest absolute Gasteiger partial charge is 0.406 e. The normalized spacial score (nSPS) is 15.1. The third-order valence-corrected chi connectivity index (χ3v) is 24.9. The van der Waals surface area contributed by atoms with Gasteiger partial charge in [0.25, 0.3) is 0 Å². The molecule has 115 heavy (non-hydrogen) atoms. The molecule has 0 aliphatic carbocycles. The first-order chi connectivity index (χ1) is 55.1. The first-order valence-electron chi connectivity index (χ1n) is 40.4. The van der Waals surface area contributed by atoms with E-state index >= 15 is 0 Å². The molecule has 20 heteroatoms. The zero-order valence-electron chi connectivity index (χ0n) is 66.1. The van der Waals surface area contributed by atoms with Crippen molar-refractivity contribution in [3.8, 4) is 39.1 Å². The number of benzene rings is 9. The van der Waals surface area contributed by atoms with Gasteiger partial charge in [0.2, 0.25) is 0 Å². The summed E-state index contributed by atoms with van der Waals surface area (Å²) < 4.78 is 49.2. The number of nitrogens with two attached hydrogens (primary N) is 1. The van der Waals surface area contributed by atoms with Crippen molar-refractivity contribution in [2.24, 2.45) is 5.73 Å². The van der Waals surface area contributed by atoms with Gasteiger partial charge >= 0.3 is 6.36 Å². The van der Waals surface area contributed by atoms with Crippen molar-refractivity contribution in [1.29, 1.82) is 0 Å². The fraction of sp³-hybridized carbons (Fsp3) is 0.368. The molecule has 9 aromatic carbocycles. The lowest BCUT2D eigenvalue weighted by atomic mass is 9.91. The van der Waals surface area contributed by atoms with Crippen LogP contribution in [0.5, 0.6) is 5.75 Å². The first kappa shape index (κ1) is 87.0. The number of halogens is 9. The van der Waals surface area contributed by atoms with Crippen molar-refractivity contribution in [3.05, 3.63) is 276 Å². The minimum Gasteiger partial charge on any atom is -0.406 e. The summed E-state index contributed by atoms with van der Waals surface area (Å²) in [6.07, 6.45) is 8.87. The molecule has 0 saturated carbocycles. The van der Waals surface area contributed by atoms with E-state index in [2.05, 4.69) is 198 Å². The van der Waals surface area contributed by atoms with Gasteiger partial charge in [-0.1, -0.05) is 214 Å². The van der Waals surface area contributed by atoms with Crippen LogP contribution in [0.2, 0.25) is 30.1 Å². The molecule has 0 bridgehead atoms. The number of aromatic nitrogens is 3. The predicted octanol–water partition coefficient (Wildman–Crippen LogP) is 24.9. The van der Waals surface area contributed by atoms with Gasteiger partial charge in [-0.15, -0.1) is 13.2 Å². The third-order valence-electron chi connectivity index (χ3n) is 22.9. The second-order valence-corrected chi connectivity index (χ2v) is 33.5. The van der Waals surface area contributed by atoms with Crippen molar-refractivity contribution in [1.82, 2.24) is 43.1 Å². The summed E-state index contributed by atoms with van der Waals surface area (Å²) in [6, 6.07) is 63.1. The molecule has 3 fully saturated rings. The average Bonchev–Trinajstić information content (AvgIpc) is 1.62. The van der Waals surface area contributed by atoms with E-state index in [1.807, 2.05) is 66.7 Å². The first-order valence-corrected chi connectivity index (χ1v) is 42.6. The minimum atomic E-state index is -4.71. The van der Waals surface area contributed by atoms with E-state index in [9.17, 15) is 13.2 Å². The molecule has 12 aromatic rings. The lowest BCUT2D eigenvalue weighted by Crippen LogP contribution is -2.53. The molecule has 0 atom stereocenters. The minimum absolute atomic E-state index is 0. The molecule has 0 amide bonds. The molecule has 15 rings (SSSR count). The number of nitrogens with zero attached hydrogens (tertiary/aromatic N) is 9. The number of piperazine rings is 3. The van der Waals surface area contributed by atoms with E-state index in [1.54, 1.807) is 12.1 Å². The molecule has 608 valence electrons. The summed E-state index contributed by atoms with van der Waals surface area (Å²) in [5.74, 6) is -0.214. The van der Waals surface area contributed by atoms with Crippen molar-refractivity contribution in [2.75, 3.05) is 78.5 Å². The lowest BCUT2D eigenvalue weighted by molar-refractivity contribution is -0.274. The Morgan fingerprint density at radius 3 is 1.16 bits per heavy atom. The molecule has 3 aliphatic heterocycles. The summed E-state index contributed by atoms with van der Waals surface area (Å²) >= 11 is 38.8. The standard InChI is InChI=1S/C33H37ClF3N3O.C31H36Cl2N4.C30H32Cl3N3.CH4/c1-4-5-16-39-23-28(25-11-13-26(14-12-25)41-33(35,36)37)27-21-24(10-15-31(27)39)22-38-17-19-40(20-18-38)32(2,3)29-8-6-7-9-30(29)34;1-2-3-12-37-22-27(25-7-4-6-23(17-25)19-34)26-18-24(10-11-31(26)37)20-35-13-15-36(16-14-35)21-28-29(32)8-5-9-30(28)33;1-2-3-13-36-21-25(23-7-4-5-8-27(23)31)24-18-22(11-12-30(24)36)19-34-14-16-35(17-15-34)20-26-28(32)9-6-10-29(26)33;/h6-15,21,23H,4-5,16-20,22H2,1-3H3;4-11,17-18,22H,2-3,12-16,19-21,34H2,1H3;4-12,18,21H,2-3,13-17,19-20H2,1H3;1H4. The number of unbranched alkanes of at least 4 members (excludes halogenated alkanes) is 3. The number of hydrogen-bond acceptors (Lipinski definition) is 8. The van der Waals surface area contributed by atoms with Crippen LogP contribution in [-0.2, 0) is 64.4 Å². The number of ether oxygens (including phenoxy) is 1. The molecule has 3 aromatic heterocycles. The van der Waals surface area contributed by atoms with Gasteiger partial charge < -0.3 is 24.2 Å². The highest BCUT2D eigenvalue weighted by atomic mass is 35.5. The number of aryl methyl sites for hydroxylation is 3. The van der Waals surface area contributed by atoms with Crippen LogP contribution in [0.4, 0.5) is 13.2 Å². The van der Waals surface area contributed by atoms with Gasteiger partial charge in [-0.3, -0.25) is 29.4 Å². The van der Waals surface area contributed by atoms with Crippen LogP contribution in [0.1, 0.15) is 120 Å². The van der Waals surface area contributed by atoms with Crippen molar-refractivity contribution >= 4 is 102 Å². The molecule has 3 aliphatic rings. The third kappa shape index (κ3) is 22.0. The Balaban J connectivity index is 0.000000159. The number of hydrogen-bond donors (Lipinski definition) is 1. The quantitative estimate of drug-likeness (QED) is 0.0575. The predicted molar refractivity (Wildman–Crippen MR) is 479 cm³/mol. The van der Waals surface area contributed by atoms with Crippen molar-refractivity contribution in [2.45, 2.75) is 151 Å². The number of alkyl halides is 3. The van der Waals surface area contributed by atoms with Gasteiger partial charge in [-0.2, -0.15) is 0 Å². The average molecular weight is 1680 g/mol. The molecular weight excluding hydrogens is 1570 g/mol. The second kappa shape index (κ2) is 40.4. The molecule has 3 saturated heterocycles. The molecular formula is C95H109Cl6F3N10O. The molecule has 0 spiro atoms. The van der Waals surface area contributed by atoms with Crippen LogP contribution in [0.3, 0.4) is 0 Å². The zero-order chi connectivity index (χ0) is 80.0. The Kier molecular flexibility index (Phi) is 30.6. The summed E-state index contributed by atoms with van der Waals surface area (Å²) in [4.78, 5) is 15.0. The van der Waals surface area contributed by atoms with Gasteiger partial charge in [0.1, 0.15) is 5.75 Å². The van der Waals surface area contributed by atoms with Crippen LogP contribution in [0, 0.1) is 0 Å². The summed E-state index contributed by atoms with van der Waals surface area (Å²) in [6.45, 7) is 30.9. The van der Waals surface area contributed by atoms with E-state index in [1.165, 1.54) is 92.1 Å². The largest absolute Gasteiger partial charge is 0.573 e. The van der Waals surface area contributed by atoms with E-state index in [4.69, 9.17) is 75.3 Å². The molecule has 0 radical (unpaired) electrons. The van der Waals surface area contributed by atoms with E-state index in [0.29, 0.717) is 6.54 Å². The van der Waals surface area contributed by atoms with Gasteiger partial charge in [0.15, 0.2) is 0 Å². The lowest BCUT2D eigenvalue weighted by Gasteiger charge is -2.44. The van der Waals surface area contributed by atoms with Gasteiger partial charge in [-0.05, 0) is 163 Å². The van der Waals surface area contributed by atoms with Gasteiger partial charge in [0.05, 0.1) is 0 Å². The maximum Gasteiger partial charge on any atom is 0.573 e. The van der Waals surface area contributed by atoms with E-state index in [0.717, 1.165) is 225 Å². The molecule has 0 unspecified atom stereocenters. The fourth-order valence-electron chi connectivity index (χ4n) is 16.3. The Morgan fingerprint density at radius 1 is 0.365 bits per heavy atom. The molecule has 6 heterocycles. The Hall–Kier alpha value is -7.35. The Labute approximate surface area is 708 Å².